The zero-order valence-electron chi connectivity index (χ0n) is 10.1. The molecule has 19 heavy (non-hydrogen) atoms. The number of hydrogen-bond acceptors (Lipinski definition) is 4. The molecule has 4 nitrogen and oxygen atoms in total. The highest BCUT2D eigenvalue weighted by Gasteiger charge is 2.20. The van der Waals surface area contributed by atoms with E-state index in [1.54, 1.807) is 13.0 Å². The lowest BCUT2D eigenvalue weighted by molar-refractivity contribution is -0.142. The van der Waals surface area contributed by atoms with Crippen molar-refractivity contribution >= 4 is 21.9 Å². The van der Waals surface area contributed by atoms with E-state index in [-0.39, 0.29) is 29.6 Å². The molecule has 1 aromatic heterocycles. The predicted octanol–water partition coefficient (Wildman–Crippen LogP) is 2.89. The zero-order valence-corrected chi connectivity index (χ0v) is 11.7. The summed E-state index contributed by atoms with van der Waals surface area (Å²) in [5, 5.41) is 8.91. The van der Waals surface area contributed by atoms with Gasteiger partial charge in [-0.3, -0.25) is 4.79 Å². The van der Waals surface area contributed by atoms with E-state index in [0.29, 0.717) is 5.56 Å². The Balaban J connectivity index is 3.24. The minimum absolute atomic E-state index is 0.125. The van der Waals surface area contributed by atoms with E-state index in [1.807, 2.05) is 0 Å². The lowest BCUT2D eigenvalue weighted by atomic mass is 10.0. The molecule has 0 aliphatic heterocycles. The molecule has 0 radical (unpaired) electrons. The molecule has 0 aliphatic carbocycles. The number of aromatic nitrogens is 1. The molecule has 0 bridgehead atoms. The number of esters is 1. The maximum absolute atomic E-state index is 12.9. The molecule has 102 valence electrons. The largest absolute Gasteiger partial charge is 0.466 e. The fourth-order valence-electron chi connectivity index (χ4n) is 1.56. The van der Waals surface area contributed by atoms with Crippen LogP contribution in [0, 0.1) is 11.3 Å². The number of hydrogen-bond donors (Lipinski definition) is 0. The minimum Gasteiger partial charge on any atom is -0.466 e. The number of ether oxygens (including phenoxy) is 1. The Kier molecular flexibility index (Phi) is 5.83. The van der Waals surface area contributed by atoms with Crippen LogP contribution in [0.5, 0.6) is 0 Å². The normalized spacial score (nSPS) is 10.3. The summed E-state index contributed by atoms with van der Waals surface area (Å²) in [6, 6.07) is 3.04. The van der Waals surface area contributed by atoms with Gasteiger partial charge in [0.2, 0.25) is 0 Å². The number of carbonyl (C=O) groups excluding carboxylic acids is 1. The molecule has 0 spiro atoms. The molecule has 1 heterocycles. The van der Waals surface area contributed by atoms with Crippen molar-refractivity contribution in [3.05, 3.63) is 28.6 Å². The molecule has 1 aromatic rings. The van der Waals surface area contributed by atoms with Crippen LogP contribution in [0.25, 0.3) is 0 Å². The molecule has 0 amide bonds. The van der Waals surface area contributed by atoms with Crippen molar-refractivity contribution in [3.63, 3.8) is 0 Å². The molecule has 0 fully saturated rings. The van der Waals surface area contributed by atoms with Crippen molar-refractivity contribution in [1.82, 2.24) is 4.98 Å². The quantitative estimate of drug-likeness (QED) is 0.614. The summed E-state index contributed by atoms with van der Waals surface area (Å²) in [4.78, 5) is 15.0. The van der Waals surface area contributed by atoms with Gasteiger partial charge in [-0.1, -0.05) is 15.9 Å². The average molecular weight is 333 g/mol. The van der Waals surface area contributed by atoms with Gasteiger partial charge in [0.15, 0.2) is 0 Å². The second kappa shape index (κ2) is 7.14. The Labute approximate surface area is 117 Å². The Bertz CT molecular complexity index is 515. The van der Waals surface area contributed by atoms with E-state index >= 15 is 0 Å². The van der Waals surface area contributed by atoms with E-state index in [4.69, 9.17) is 10.00 Å². The lowest BCUT2D eigenvalue weighted by Gasteiger charge is -2.12. The molecule has 0 unspecified atom stereocenters. The number of halogens is 3. The number of nitriles is 1. The van der Waals surface area contributed by atoms with Crippen LogP contribution in [0.15, 0.2) is 6.07 Å². The second-order valence-electron chi connectivity index (χ2n) is 3.56. The molecular formula is C12H11BrF2N2O2. The van der Waals surface area contributed by atoms with Gasteiger partial charge in [-0.05, 0) is 24.1 Å². The van der Waals surface area contributed by atoms with Crippen LogP contribution in [0.2, 0.25) is 0 Å². The first-order chi connectivity index (χ1) is 9.03. The van der Waals surface area contributed by atoms with Crippen LogP contribution in [-0.4, -0.2) is 17.6 Å². The lowest BCUT2D eigenvalue weighted by Crippen LogP contribution is -2.12. The maximum atomic E-state index is 12.9. The standard InChI is InChI=1S/C12H11BrF2N2O2/c1-2-19-10(18)4-7-3-8(6-16)17-11(12(14)15)9(7)5-13/h3,12H,2,4-5H2,1H3. The second-order valence-corrected chi connectivity index (χ2v) is 4.12. The van der Waals surface area contributed by atoms with Gasteiger partial charge in [0, 0.05) is 5.33 Å². The van der Waals surface area contributed by atoms with Crippen molar-refractivity contribution < 1.29 is 18.3 Å². The number of nitrogens with zero attached hydrogens (tertiary/aromatic N) is 2. The van der Waals surface area contributed by atoms with Crippen molar-refractivity contribution in [2.75, 3.05) is 6.61 Å². The summed E-state index contributed by atoms with van der Waals surface area (Å²) in [7, 11) is 0. The van der Waals surface area contributed by atoms with E-state index in [1.165, 1.54) is 6.07 Å². The number of pyridine rings is 1. The van der Waals surface area contributed by atoms with Crippen molar-refractivity contribution in [2.45, 2.75) is 25.1 Å². The first-order valence-electron chi connectivity index (χ1n) is 5.46. The number of carbonyl (C=O) groups is 1. The minimum atomic E-state index is -2.80. The highest BCUT2D eigenvalue weighted by atomic mass is 79.9. The summed E-state index contributed by atoms with van der Waals surface area (Å²) in [5.41, 5.74) is -0.0613. The van der Waals surface area contributed by atoms with Gasteiger partial charge in [-0.25, -0.2) is 13.8 Å². The summed E-state index contributed by atoms with van der Waals surface area (Å²) in [6.07, 6.45) is -2.96. The van der Waals surface area contributed by atoms with Gasteiger partial charge in [0.05, 0.1) is 13.0 Å². The van der Waals surface area contributed by atoms with E-state index in [0.717, 1.165) is 0 Å². The van der Waals surface area contributed by atoms with Gasteiger partial charge in [-0.15, -0.1) is 0 Å². The summed E-state index contributed by atoms with van der Waals surface area (Å²) < 4.78 is 30.5. The molecule has 0 N–H and O–H groups in total. The van der Waals surface area contributed by atoms with Gasteiger partial charge in [0.1, 0.15) is 17.5 Å². The first kappa shape index (κ1) is 15.5. The Morgan fingerprint density at radius 2 is 2.32 bits per heavy atom. The van der Waals surface area contributed by atoms with Crippen molar-refractivity contribution in [1.29, 1.82) is 5.26 Å². The summed E-state index contributed by atoms with van der Waals surface area (Å²) in [6.45, 7) is 1.86. The summed E-state index contributed by atoms with van der Waals surface area (Å²) in [5.74, 6) is -0.528. The van der Waals surface area contributed by atoms with Crippen LogP contribution in [0.4, 0.5) is 8.78 Å². The number of rotatable bonds is 5. The molecular weight excluding hydrogens is 322 g/mol. The summed E-state index contributed by atoms with van der Waals surface area (Å²) >= 11 is 3.09. The topological polar surface area (TPSA) is 63.0 Å². The van der Waals surface area contributed by atoms with Crippen LogP contribution in [0.3, 0.4) is 0 Å². The highest BCUT2D eigenvalue weighted by Crippen LogP contribution is 2.27. The first-order valence-corrected chi connectivity index (χ1v) is 6.58. The predicted molar refractivity (Wildman–Crippen MR) is 66.9 cm³/mol. The molecule has 0 saturated carbocycles. The van der Waals surface area contributed by atoms with Crippen LogP contribution in [-0.2, 0) is 21.3 Å². The van der Waals surface area contributed by atoms with E-state index in [2.05, 4.69) is 20.9 Å². The molecule has 0 saturated heterocycles. The van der Waals surface area contributed by atoms with Gasteiger partial charge in [-0.2, -0.15) is 5.26 Å². The third kappa shape index (κ3) is 3.96. The van der Waals surface area contributed by atoms with Gasteiger partial charge < -0.3 is 4.74 Å². The van der Waals surface area contributed by atoms with Crippen LogP contribution >= 0.6 is 15.9 Å². The average Bonchev–Trinajstić information content (AvgIpc) is 2.37. The highest BCUT2D eigenvalue weighted by molar-refractivity contribution is 9.08. The van der Waals surface area contributed by atoms with Crippen molar-refractivity contribution in [2.24, 2.45) is 0 Å². The smallest absolute Gasteiger partial charge is 0.310 e. The Morgan fingerprint density at radius 1 is 1.63 bits per heavy atom. The molecule has 0 atom stereocenters. The van der Waals surface area contributed by atoms with E-state index in [9.17, 15) is 13.6 Å². The fourth-order valence-corrected chi connectivity index (χ4v) is 2.21. The Morgan fingerprint density at radius 3 is 2.79 bits per heavy atom. The third-order valence-electron chi connectivity index (χ3n) is 2.34. The van der Waals surface area contributed by atoms with E-state index < -0.39 is 18.1 Å². The van der Waals surface area contributed by atoms with Crippen LogP contribution < -0.4 is 0 Å². The SMILES string of the molecule is CCOC(=O)Cc1cc(C#N)nc(C(F)F)c1CBr. The zero-order chi connectivity index (χ0) is 14.4. The molecule has 1 rings (SSSR count). The molecule has 7 heteroatoms. The van der Waals surface area contributed by atoms with Gasteiger partial charge >= 0.3 is 5.97 Å². The number of alkyl halides is 3. The van der Waals surface area contributed by atoms with Crippen LogP contribution in [0.1, 0.15) is 35.9 Å². The van der Waals surface area contributed by atoms with Gasteiger partial charge in [0.25, 0.3) is 6.43 Å². The van der Waals surface area contributed by atoms with Crippen molar-refractivity contribution in [3.8, 4) is 6.07 Å². The fraction of sp³-hybridized carbons (Fsp3) is 0.417. The molecule has 0 aromatic carbocycles. The maximum Gasteiger partial charge on any atom is 0.310 e. The third-order valence-corrected chi connectivity index (χ3v) is 2.90. The molecule has 0 aliphatic rings. The monoisotopic (exact) mass is 332 g/mol. The Hall–Kier alpha value is -1.55.